The number of nitrogens with one attached hydrogen (secondary N) is 1. The lowest BCUT2D eigenvalue weighted by Crippen LogP contribution is -2.22. The number of carbonyl (C=O) groups excluding carboxylic acids is 1. The number of fused-ring (bicyclic) bond motifs is 1. The Morgan fingerprint density at radius 3 is 2.66 bits per heavy atom. The van der Waals surface area contributed by atoms with E-state index in [9.17, 15) is 14.9 Å². The van der Waals surface area contributed by atoms with Gasteiger partial charge in [-0.25, -0.2) is 0 Å². The number of benzene rings is 1. The number of carbonyl (C=O) groups is 1. The van der Waals surface area contributed by atoms with Gasteiger partial charge in [0.25, 0.3) is 11.5 Å². The molecule has 0 radical (unpaired) electrons. The maximum absolute atomic E-state index is 13.1. The molecule has 1 N–H and O–H groups in total. The van der Waals surface area contributed by atoms with Gasteiger partial charge in [0.2, 0.25) is 5.88 Å². The maximum Gasteiger partial charge on any atom is 0.269 e. The molecule has 0 aliphatic heterocycles. The van der Waals surface area contributed by atoms with Gasteiger partial charge in [0.15, 0.2) is 0 Å². The molecule has 0 saturated heterocycles. The van der Waals surface area contributed by atoms with Crippen LogP contribution in [0.15, 0.2) is 53.0 Å². The van der Waals surface area contributed by atoms with Crippen LogP contribution in [0.3, 0.4) is 0 Å². The predicted octanol–water partition coefficient (Wildman–Crippen LogP) is 3.01. The number of nitrogens with zero attached hydrogens (tertiary/aromatic N) is 3. The highest BCUT2D eigenvalue weighted by atomic mass is 16.5. The third-order valence-electron chi connectivity index (χ3n) is 4.48. The number of nitriles is 1. The van der Waals surface area contributed by atoms with E-state index in [2.05, 4.69) is 17.2 Å². The van der Waals surface area contributed by atoms with Crippen LogP contribution in [0.4, 0.5) is 0 Å². The second kappa shape index (κ2) is 8.40. The molecular formula is C22H20N4O3. The summed E-state index contributed by atoms with van der Waals surface area (Å²) in [5, 5.41) is 11.7. The summed E-state index contributed by atoms with van der Waals surface area (Å²) in [5.41, 5.74) is 1.74. The summed E-state index contributed by atoms with van der Waals surface area (Å²) in [7, 11) is 1.41. The van der Waals surface area contributed by atoms with E-state index >= 15 is 0 Å². The van der Waals surface area contributed by atoms with Gasteiger partial charge in [-0.05, 0) is 48.7 Å². The highest BCUT2D eigenvalue weighted by molar-refractivity contribution is 6.01. The Hall–Kier alpha value is -3.92. The summed E-state index contributed by atoms with van der Waals surface area (Å²) in [6, 6.07) is 12.8. The molecule has 0 spiro atoms. The molecule has 29 heavy (non-hydrogen) atoms. The SMILES string of the molecule is CCc1ccc(Oc2nc3c(C)cccn3c(=O)c2/C=C(\C#N)C(=O)NC)cc1. The van der Waals surface area contributed by atoms with Crippen LogP contribution in [0.1, 0.15) is 23.6 Å². The Morgan fingerprint density at radius 1 is 1.31 bits per heavy atom. The Bertz CT molecular complexity index is 1200. The fourth-order valence-electron chi connectivity index (χ4n) is 2.83. The fraction of sp³-hybridized carbons (Fsp3) is 0.182. The summed E-state index contributed by atoms with van der Waals surface area (Å²) < 4.78 is 7.27. The van der Waals surface area contributed by atoms with Crippen molar-refractivity contribution in [1.82, 2.24) is 14.7 Å². The Labute approximate surface area is 167 Å². The normalized spacial score (nSPS) is 11.2. The van der Waals surface area contributed by atoms with Gasteiger partial charge in [0.05, 0.1) is 0 Å². The molecule has 3 aromatic rings. The zero-order valence-corrected chi connectivity index (χ0v) is 16.4. The molecule has 146 valence electrons. The molecule has 0 atom stereocenters. The molecule has 1 amide bonds. The van der Waals surface area contributed by atoms with E-state index in [1.54, 1.807) is 24.4 Å². The van der Waals surface area contributed by atoms with E-state index < -0.39 is 11.5 Å². The summed E-state index contributed by atoms with van der Waals surface area (Å²) in [4.78, 5) is 29.6. The molecule has 0 fully saturated rings. The van der Waals surface area contributed by atoms with Crippen molar-refractivity contribution in [3.8, 4) is 17.7 Å². The van der Waals surface area contributed by atoms with Crippen LogP contribution < -0.4 is 15.6 Å². The molecule has 0 bridgehead atoms. The molecule has 2 aromatic heterocycles. The smallest absolute Gasteiger partial charge is 0.269 e. The van der Waals surface area contributed by atoms with Gasteiger partial charge in [-0.3, -0.25) is 14.0 Å². The summed E-state index contributed by atoms with van der Waals surface area (Å²) >= 11 is 0. The zero-order valence-electron chi connectivity index (χ0n) is 16.4. The molecule has 7 nitrogen and oxygen atoms in total. The number of amides is 1. The quantitative estimate of drug-likeness (QED) is 0.535. The molecular weight excluding hydrogens is 368 g/mol. The van der Waals surface area contributed by atoms with E-state index in [-0.39, 0.29) is 17.0 Å². The van der Waals surface area contributed by atoms with Crippen molar-refractivity contribution in [2.24, 2.45) is 0 Å². The van der Waals surface area contributed by atoms with E-state index in [1.807, 2.05) is 31.2 Å². The summed E-state index contributed by atoms with van der Waals surface area (Å²) in [6.45, 7) is 3.89. The van der Waals surface area contributed by atoms with E-state index in [4.69, 9.17) is 4.74 Å². The number of aryl methyl sites for hydroxylation is 2. The highest BCUT2D eigenvalue weighted by Crippen LogP contribution is 2.25. The van der Waals surface area contributed by atoms with Crippen molar-refractivity contribution >= 4 is 17.6 Å². The number of ether oxygens (including phenoxy) is 1. The van der Waals surface area contributed by atoms with Crippen LogP contribution in [0.5, 0.6) is 11.6 Å². The van der Waals surface area contributed by atoms with Crippen LogP contribution in [0.2, 0.25) is 0 Å². The summed E-state index contributed by atoms with van der Waals surface area (Å²) in [5.74, 6) is -0.0650. The molecule has 7 heteroatoms. The maximum atomic E-state index is 13.1. The minimum absolute atomic E-state index is 0.0211. The average molecular weight is 388 g/mol. The molecule has 0 saturated carbocycles. The number of hydrogen-bond donors (Lipinski definition) is 1. The van der Waals surface area contributed by atoms with Gasteiger partial charge in [-0.1, -0.05) is 25.1 Å². The Balaban J connectivity index is 2.23. The van der Waals surface area contributed by atoms with Gasteiger partial charge in [-0.15, -0.1) is 0 Å². The Morgan fingerprint density at radius 2 is 2.03 bits per heavy atom. The molecule has 3 rings (SSSR count). The minimum Gasteiger partial charge on any atom is -0.438 e. The van der Waals surface area contributed by atoms with Crippen molar-refractivity contribution in [2.45, 2.75) is 20.3 Å². The first-order chi connectivity index (χ1) is 14.0. The van der Waals surface area contributed by atoms with Crippen molar-refractivity contribution in [1.29, 1.82) is 5.26 Å². The van der Waals surface area contributed by atoms with Gasteiger partial charge in [-0.2, -0.15) is 10.2 Å². The van der Waals surface area contributed by atoms with E-state index in [1.165, 1.54) is 17.5 Å². The topological polar surface area (TPSA) is 96.5 Å². The average Bonchev–Trinajstić information content (AvgIpc) is 2.74. The predicted molar refractivity (Wildman–Crippen MR) is 110 cm³/mol. The van der Waals surface area contributed by atoms with Crippen LogP contribution in [0, 0.1) is 18.3 Å². The van der Waals surface area contributed by atoms with Crippen LogP contribution in [-0.4, -0.2) is 22.3 Å². The number of hydrogen-bond acceptors (Lipinski definition) is 5. The lowest BCUT2D eigenvalue weighted by molar-refractivity contribution is -0.116. The molecule has 2 heterocycles. The highest BCUT2D eigenvalue weighted by Gasteiger charge is 2.17. The molecule has 0 aliphatic carbocycles. The lowest BCUT2D eigenvalue weighted by atomic mass is 10.1. The number of likely N-dealkylation sites (N-methyl/N-ethyl adjacent to an activating group) is 1. The minimum atomic E-state index is -0.598. The van der Waals surface area contributed by atoms with Crippen molar-refractivity contribution in [3.63, 3.8) is 0 Å². The molecule has 1 aromatic carbocycles. The van der Waals surface area contributed by atoms with Gasteiger partial charge in [0, 0.05) is 13.2 Å². The van der Waals surface area contributed by atoms with Crippen LogP contribution in [0.25, 0.3) is 11.7 Å². The second-order valence-electron chi connectivity index (χ2n) is 6.37. The molecule has 0 aliphatic rings. The van der Waals surface area contributed by atoms with Crippen molar-refractivity contribution in [3.05, 3.63) is 75.2 Å². The number of rotatable bonds is 5. The standard InChI is InChI=1S/C22H20N4O3/c1-4-15-7-9-17(10-8-15)29-21-18(12-16(13-23)20(27)24-3)22(28)26-11-5-6-14(2)19(26)25-21/h5-12H,4H2,1-3H3,(H,24,27)/b16-12+. The van der Waals surface area contributed by atoms with Gasteiger partial charge >= 0.3 is 0 Å². The summed E-state index contributed by atoms with van der Waals surface area (Å²) in [6.07, 6.45) is 3.68. The first-order valence-corrected chi connectivity index (χ1v) is 9.11. The van der Waals surface area contributed by atoms with Crippen molar-refractivity contribution < 1.29 is 9.53 Å². The number of pyridine rings is 1. The van der Waals surface area contributed by atoms with E-state index in [0.29, 0.717) is 11.4 Å². The second-order valence-corrected chi connectivity index (χ2v) is 6.37. The first kappa shape index (κ1) is 19.8. The van der Waals surface area contributed by atoms with E-state index in [0.717, 1.165) is 17.5 Å². The fourth-order valence-corrected chi connectivity index (χ4v) is 2.83. The van der Waals surface area contributed by atoms with Crippen LogP contribution >= 0.6 is 0 Å². The number of aromatic nitrogens is 2. The first-order valence-electron chi connectivity index (χ1n) is 9.11. The largest absolute Gasteiger partial charge is 0.438 e. The third-order valence-corrected chi connectivity index (χ3v) is 4.48. The van der Waals surface area contributed by atoms with Gasteiger partial charge < -0.3 is 10.1 Å². The van der Waals surface area contributed by atoms with Crippen LogP contribution in [-0.2, 0) is 11.2 Å². The molecule has 0 unspecified atom stereocenters. The monoisotopic (exact) mass is 388 g/mol. The third kappa shape index (κ3) is 4.01. The van der Waals surface area contributed by atoms with Gasteiger partial charge in [0.1, 0.15) is 28.6 Å². The zero-order chi connectivity index (χ0) is 21.0. The lowest BCUT2D eigenvalue weighted by Gasteiger charge is -2.11. The van der Waals surface area contributed by atoms with Crippen molar-refractivity contribution in [2.75, 3.05) is 7.05 Å². The Kier molecular flexibility index (Phi) is 5.74.